The Kier molecular flexibility index (Phi) is 3.83. The minimum Gasteiger partial charge on any atom is -0.503 e. The predicted octanol–water partition coefficient (Wildman–Crippen LogP) is 2.23. The lowest BCUT2D eigenvalue weighted by atomic mass is 10.3. The molecule has 0 heterocycles. The van der Waals surface area contributed by atoms with Crippen LogP contribution in [0, 0.1) is 40.9 Å². The van der Waals surface area contributed by atoms with Crippen molar-refractivity contribution in [2.75, 3.05) is 0 Å². The van der Waals surface area contributed by atoms with E-state index in [9.17, 15) is 22.0 Å². The third kappa shape index (κ3) is 1.74. The molecular formula is C7H2F5NO. The van der Waals surface area contributed by atoms with Gasteiger partial charge in [0.05, 0.1) is 0 Å². The smallest absolute Gasteiger partial charge is 0.206 e. The number of halogens is 5. The van der Waals surface area contributed by atoms with E-state index in [1.54, 1.807) is 0 Å². The van der Waals surface area contributed by atoms with Crippen LogP contribution in [-0.4, -0.2) is 5.11 Å². The van der Waals surface area contributed by atoms with Crippen molar-refractivity contribution in [3.63, 3.8) is 0 Å². The molecule has 0 bridgehead atoms. The molecule has 7 heteroatoms. The summed E-state index contributed by atoms with van der Waals surface area (Å²) in [5.41, 5.74) is 0. The Hall–Kier alpha value is -1.84. The second kappa shape index (κ2) is 4.41. The third-order valence-electron chi connectivity index (χ3n) is 1.19. The van der Waals surface area contributed by atoms with Gasteiger partial charge in [-0.1, -0.05) is 0 Å². The molecule has 0 unspecified atom stereocenters. The highest BCUT2D eigenvalue weighted by atomic mass is 19.2. The summed E-state index contributed by atoms with van der Waals surface area (Å²) >= 11 is 0. The fraction of sp³-hybridized carbons (Fsp3) is 0. The number of phenolic OH excluding ortho intramolecular Hbond substituents is 1. The summed E-state index contributed by atoms with van der Waals surface area (Å²) in [5.74, 6) is -12.9. The third-order valence-corrected chi connectivity index (χ3v) is 1.19. The fourth-order valence-electron chi connectivity index (χ4n) is 0.593. The standard InChI is InChI=1S/C6HF5O.CHN/c7-1-2(8)4(10)6(12)5(11)3(1)9;1-2/h12H;1H. The largest absolute Gasteiger partial charge is 0.503 e. The first-order valence-electron chi connectivity index (χ1n) is 2.93. The molecule has 0 amide bonds. The molecule has 1 aromatic rings. The van der Waals surface area contributed by atoms with E-state index in [0.717, 1.165) is 0 Å². The quantitative estimate of drug-likeness (QED) is 0.406. The van der Waals surface area contributed by atoms with Gasteiger partial charge in [0.1, 0.15) is 0 Å². The van der Waals surface area contributed by atoms with Crippen molar-refractivity contribution in [2.45, 2.75) is 0 Å². The van der Waals surface area contributed by atoms with E-state index in [1.807, 2.05) is 0 Å². The maximum Gasteiger partial charge on any atom is 0.206 e. The average Bonchev–Trinajstić information content (AvgIpc) is 2.24. The first kappa shape index (κ1) is 12.2. The summed E-state index contributed by atoms with van der Waals surface area (Å²) in [5, 5.41) is 14.8. The summed E-state index contributed by atoms with van der Waals surface area (Å²) < 4.78 is 60.6. The molecule has 0 spiro atoms. The molecule has 1 aromatic carbocycles. The predicted molar refractivity (Wildman–Crippen MR) is 34.6 cm³/mol. The summed E-state index contributed by atoms with van der Waals surface area (Å²) in [6, 6.07) is 0. The second-order valence-electron chi connectivity index (χ2n) is 1.92. The lowest BCUT2D eigenvalue weighted by Crippen LogP contribution is -2.00. The Bertz CT molecular complexity index is 271. The van der Waals surface area contributed by atoms with E-state index >= 15 is 0 Å². The molecule has 0 aromatic heterocycles. The molecule has 0 fully saturated rings. The van der Waals surface area contributed by atoms with Crippen molar-refractivity contribution in [1.29, 1.82) is 5.26 Å². The number of benzene rings is 1. The molecule has 0 saturated carbocycles. The summed E-state index contributed by atoms with van der Waals surface area (Å²) in [7, 11) is 0. The molecule has 0 saturated heterocycles. The summed E-state index contributed by atoms with van der Waals surface area (Å²) in [4.78, 5) is 0. The Balaban J connectivity index is 0.000000791. The molecule has 0 aliphatic carbocycles. The van der Waals surface area contributed by atoms with Crippen molar-refractivity contribution in [2.24, 2.45) is 0 Å². The van der Waals surface area contributed by atoms with Crippen LogP contribution >= 0.6 is 0 Å². The van der Waals surface area contributed by atoms with Crippen LogP contribution in [0.25, 0.3) is 0 Å². The van der Waals surface area contributed by atoms with Gasteiger partial charge < -0.3 is 5.11 Å². The highest BCUT2D eigenvalue weighted by molar-refractivity contribution is 5.27. The number of phenols is 1. The molecule has 1 N–H and O–H groups in total. The Morgan fingerprint density at radius 2 is 0.929 bits per heavy atom. The van der Waals surface area contributed by atoms with E-state index in [4.69, 9.17) is 10.4 Å². The average molecular weight is 211 g/mol. The van der Waals surface area contributed by atoms with Crippen LogP contribution in [-0.2, 0) is 0 Å². The Morgan fingerprint density at radius 3 is 1.21 bits per heavy atom. The van der Waals surface area contributed by atoms with Gasteiger partial charge in [-0.25, -0.2) is 18.4 Å². The van der Waals surface area contributed by atoms with Crippen LogP contribution in [0.1, 0.15) is 0 Å². The minimum absolute atomic E-state index is 1.87. The molecular weight excluding hydrogens is 209 g/mol. The Morgan fingerprint density at radius 1 is 0.714 bits per heavy atom. The number of nitriles is 1. The molecule has 0 aliphatic heterocycles. The number of nitrogens with zero attached hydrogens (tertiary/aromatic N) is 1. The van der Waals surface area contributed by atoms with Gasteiger partial charge in [0.25, 0.3) is 0 Å². The first-order chi connectivity index (χ1) is 6.46. The van der Waals surface area contributed by atoms with Gasteiger partial charge in [0, 0.05) is 6.57 Å². The van der Waals surface area contributed by atoms with E-state index in [2.05, 4.69) is 6.57 Å². The topological polar surface area (TPSA) is 44.0 Å². The van der Waals surface area contributed by atoms with Crippen molar-refractivity contribution in [3.05, 3.63) is 29.1 Å². The van der Waals surface area contributed by atoms with E-state index in [-0.39, 0.29) is 0 Å². The molecule has 2 nitrogen and oxygen atoms in total. The van der Waals surface area contributed by atoms with Crippen LogP contribution in [0.15, 0.2) is 0 Å². The van der Waals surface area contributed by atoms with Gasteiger partial charge >= 0.3 is 0 Å². The number of aromatic hydroxyl groups is 1. The molecule has 14 heavy (non-hydrogen) atoms. The van der Waals surface area contributed by atoms with Gasteiger partial charge in [-0.2, -0.15) is 8.78 Å². The molecule has 0 radical (unpaired) electrons. The van der Waals surface area contributed by atoms with Crippen molar-refractivity contribution >= 4 is 0 Å². The van der Waals surface area contributed by atoms with Crippen LogP contribution in [0.4, 0.5) is 22.0 Å². The summed E-state index contributed by atoms with van der Waals surface area (Å²) in [6.45, 7) is 3.50. The zero-order valence-corrected chi connectivity index (χ0v) is 6.36. The van der Waals surface area contributed by atoms with E-state index in [1.165, 1.54) is 0 Å². The van der Waals surface area contributed by atoms with Crippen LogP contribution in [0.2, 0.25) is 0 Å². The van der Waals surface area contributed by atoms with Crippen molar-refractivity contribution in [3.8, 4) is 12.3 Å². The molecule has 0 atom stereocenters. The normalized spacial score (nSPS) is 9.07. The molecule has 76 valence electrons. The second-order valence-corrected chi connectivity index (χ2v) is 1.92. The van der Waals surface area contributed by atoms with Gasteiger partial charge in [-0.3, -0.25) is 0 Å². The Labute approximate surface area is 74.8 Å². The monoisotopic (exact) mass is 211 g/mol. The number of hydrogen-bond donors (Lipinski definition) is 1. The van der Waals surface area contributed by atoms with E-state index < -0.39 is 34.8 Å². The first-order valence-corrected chi connectivity index (χ1v) is 2.93. The van der Waals surface area contributed by atoms with Crippen LogP contribution in [0.3, 0.4) is 0 Å². The molecule has 1 rings (SSSR count). The van der Waals surface area contributed by atoms with Crippen LogP contribution < -0.4 is 0 Å². The van der Waals surface area contributed by atoms with Gasteiger partial charge in [0.15, 0.2) is 5.75 Å². The maximum absolute atomic E-state index is 12.2. The van der Waals surface area contributed by atoms with E-state index in [0.29, 0.717) is 0 Å². The molecule has 0 aliphatic rings. The fourth-order valence-corrected chi connectivity index (χ4v) is 0.593. The van der Waals surface area contributed by atoms with Crippen LogP contribution in [0.5, 0.6) is 5.75 Å². The number of rotatable bonds is 0. The summed E-state index contributed by atoms with van der Waals surface area (Å²) in [6.07, 6.45) is 0. The van der Waals surface area contributed by atoms with Gasteiger partial charge in [0.2, 0.25) is 29.1 Å². The zero-order valence-electron chi connectivity index (χ0n) is 6.36. The van der Waals surface area contributed by atoms with Crippen molar-refractivity contribution < 1.29 is 27.1 Å². The lowest BCUT2D eigenvalue weighted by molar-refractivity contribution is 0.325. The van der Waals surface area contributed by atoms with Crippen molar-refractivity contribution in [1.82, 2.24) is 0 Å². The number of hydrogen-bond acceptors (Lipinski definition) is 2. The van der Waals surface area contributed by atoms with Gasteiger partial charge in [-0.05, 0) is 0 Å². The lowest BCUT2D eigenvalue weighted by Gasteiger charge is -2.00. The minimum atomic E-state index is -2.29. The highest BCUT2D eigenvalue weighted by Gasteiger charge is 2.24. The van der Waals surface area contributed by atoms with Gasteiger partial charge in [-0.15, -0.1) is 0 Å². The maximum atomic E-state index is 12.2. The highest BCUT2D eigenvalue weighted by Crippen LogP contribution is 2.27. The SMILES string of the molecule is C#N.Oc1c(F)c(F)c(F)c(F)c1F. The zero-order chi connectivity index (χ0) is 11.5.